The smallest absolute Gasteiger partial charge is 0.261 e. The second-order valence-electron chi connectivity index (χ2n) is 3.04. The number of terminal acetylenes is 1. The van der Waals surface area contributed by atoms with Gasteiger partial charge in [0.05, 0.1) is 6.54 Å². The Bertz CT molecular complexity index is 400. The molecule has 0 bridgehead atoms. The Morgan fingerprint density at radius 1 is 1.47 bits per heavy atom. The zero-order valence-corrected chi connectivity index (χ0v) is 8.27. The van der Waals surface area contributed by atoms with E-state index in [2.05, 4.69) is 5.92 Å². The average molecular weight is 205 g/mol. The van der Waals surface area contributed by atoms with Gasteiger partial charge in [-0.2, -0.15) is 0 Å². The minimum atomic E-state index is -0.511. The van der Waals surface area contributed by atoms with Crippen molar-refractivity contribution in [1.29, 1.82) is 0 Å². The number of amides is 1. The number of phenolic OH excluding ortho intramolecular Hbond substituents is 2. The molecule has 2 N–H and O–H groups in total. The van der Waals surface area contributed by atoms with Crippen LogP contribution in [0.4, 0.5) is 0 Å². The summed E-state index contributed by atoms with van der Waals surface area (Å²) in [5, 5.41) is 18.8. The van der Waals surface area contributed by atoms with Gasteiger partial charge in [-0.25, -0.2) is 0 Å². The van der Waals surface area contributed by atoms with Gasteiger partial charge in [-0.05, 0) is 12.1 Å². The minimum absolute atomic E-state index is 0.118. The number of carbonyl (C=O) groups is 1. The average Bonchev–Trinajstić information content (AvgIpc) is 2.17. The molecular weight excluding hydrogens is 194 g/mol. The maximum absolute atomic E-state index is 11.7. The highest BCUT2D eigenvalue weighted by molar-refractivity contribution is 5.99. The van der Waals surface area contributed by atoms with Gasteiger partial charge in [-0.3, -0.25) is 4.79 Å². The molecule has 0 saturated heterocycles. The highest BCUT2D eigenvalue weighted by atomic mass is 16.3. The molecule has 0 aliphatic rings. The minimum Gasteiger partial charge on any atom is -0.507 e. The molecule has 0 aromatic heterocycles. The van der Waals surface area contributed by atoms with Crippen molar-refractivity contribution in [2.24, 2.45) is 0 Å². The molecule has 4 heteroatoms. The summed E-state index contributed by atoms with van der Waals surface area (Å²) < 4.78 is 0. The van der Waals surface area contributed by atoms with Gasteiger partial charge in [0.1, 0.15) is 17.1 Å². The monoisotopic (exact) mass is 205 g/mol. The van der Waals surface area contributed by atoms with E-state index in [1.807, 2.05) is 0 Å². The SMILES string of the molecule is C#CCN(C)C(=O)c1c(O)cccc1O. The fourth-order valence-corrected chi connectivity index (χ4v) is 1.15. The highest BCUT2D eigenvalue weighted by Crippen LogP contribution is 2.27. The van der Waals surface area contributed by atoms with Crippen LogP contribution >= 0.6 is 0 Å². The van der Waals surface area contributed by atoms with E-state index in [0.29, 0.717) is 0 Å². The molecule has 0 radical (unpaired) electrons. The Hall–Kier alpha value is -2.15. The Labute approximate surface area is 87.8 Å². The molecule has 0 saturated carbocycles. The quantitative estimate of drug-likeness (QED) is 0.702. The maximum Gasteiger partial charge on any atom is 0.261 e. The van der Waals surface area contributed by atoms with E-state index in [0.717, 1.165) is 0 Å². The number of benzene rings is 1. The lowest BCUT2D eigenvalue weighted by Gasteiger charge is -2.15. The van der Waals surface area contributed by atoms with E-state index < -0.39 is 5.91 Å². The normalized spacial score (nSPS) is 9.33. The Balaban J connectivity index is 3.07. The Morgan fingerprint density at radius 2 is 2.00 bits per heavy atom. The third-order valence-corrected chi connectivity index (χ3v) is 1.91. The van der Waals surface area contributed by atoms with Crippen LogP contribution in [0.1, 0.15) is 10.4 Å². The van der Waals surface area contributed by atoms with E-state index >= 15 is 0 Å². The first-order chi connectivity index (χ1) is 7.07. The summed E-state index contributed by atoms with van der Waals surface area (Å²) in [4.78, 5) is 12.9. The summed E-state index contributed by atoms with van der Waals surface area (Å²) in [5.41, 5.74) is -0.129. The number of nitrogens with zero attached hydrogens (tertiary/aromatic N) is 1. The van der Waals surface area contributed by atoms with Crippen molar-refractivity contribution in [3.8, 4) is 23.8 Å². The number of aromatic hydroxyl groups is 2. The molecule has 0 spiro atoms. The van der Waals surface area contributed by atoms with Gasteiger partial charge in [-0.1, -0.05) is 12.0 Å². The van der Waals surface area contributed by atoms with Crippen LogP contribution in [0.3, 0.4) is 0 Å². The maximum atomic E-state index is 11.7. The zero-order valence-electron chi connectivity index (χ0n) is 8.27. The van der Waals surface area contributed by atoms with Crippen molar-refractivity contribution in [2.45, 2.75) is 0 Å². The first-order valence-electron chi connectivity index (χ1n) is 4.27. The van der Waals surface area contributed by atoms with Crippen molar-refractivity contribution < 1.29 is 15.0 Å². The number of phenols is 2. The van der Waals surface area contributed by atoms with Crippen LogP contribution < -0.4 is 0 Å². The van der Waals surface area contributed by atoms with Gasteiger partial charge in [0.25, 0.3) is 5.91 Å². The fourth-order valence-electron chi connectivity index (χ4n) is 1.15. The highest BCUT2D eigenvalue weighted by Gasteiger charge is 2.18. The van der Waals surface area contributed by atoms with Gasteiger partial charge >= 0.3 is 0 Å². The number of hydrogen-bond donors (Lipinski definition) is 2. The zero-order chi connectivity index (χ0) is 11.4. The van der Waals surface area contributed by atoms with Crippen molar-refractivity contribution in [3.05, 3.63) is 23.8 Å². The number of hydrogen-bond acceptors (Lipinski definition) is 3. The molecule has 1 rings (SSSR count). The molecule has 15 heavy (non-hydrogen) atoms. The Kier molecular flexibility index (Phi) is 3.19. The van der Waals surface area contributed by atoms with Crippen LogP contribution in [-0.2, 0) is 0 Å². The molecule has 1 aromatic rings. The van der Waals surface area contributed by atoms with Gasteiger partial charge in [0, 0.05) is 7.05 Å². The lowest BCUT2D eigenvalue weighted by molar-refractivity contribution is 0.0806. The van der Waals surface area contributed by atoms with E-state index in [1.165, 1.54) is 30.1 Å². The second kappa shape index (κ2) is 4.38. The fraction of sp³-hybridized carbons (Fsp3) is 0.182. The van der Waals surface area contributed by atoms with E-state index in [9.17, 15) is 15.0 Å². The molecule has 1 aromatic carbocycles. The van der Waals surface area contributed by atoms with Crippen molar-refractivity contribution in [1.82, 2.24) is 4.90 Å². The van der Waals surface area contributed by atoms with Crippen LogP contribution in [0.15, 0.2) is 18.2 Å². The number of carbonyl (C=O) groups excluding carboxylic acids is 1. The van der Waals surface area contributed by atoms with E-state index in [4.69, 9.17) is 6.42 Å². The van der Waals surface area contributed by atoms with Crippen molar-refractivity contribution in [3.63, 3.8) is 0 Å². The van der Waals surface area contributed by atoms with Crippen LogP contribution in [0, 0.1) is 12.3 Å². The topological polar surface area (TPSA) is 60.8 Å². The summed E-state index contributed by atoms with van der Waals surface area (Å²) in [5.74, 6) is 1.27. The second-order valence-corrected chi connectivity index (χ2v) is 3.04. The predicted molar refractivity (Wildman–Crippen MR) is 55.6 cm³/mol. The Morgan fingerprint density at radius 3 is 2.47 bits per heavy atom. The first-order valence-corrected chi connectivity index (χ1v) is 4.27. The molecular formula is C11H11NO3. The lowest BCUT2D eigenvalue weighted by atomic mass is 10.1. The molecule has 0 atom stereocenters. The standard InChI is InChI=1S/C11H11NO3/c1-3-7-12(2)11(15)10-8(13)5-4-6-9(10)14/h1,4-6,13-14H,7H2,2H3. The molecule has 0 unspecified atom stereocenters. The van der Waals surface area contributed by atoms with Crippen molar-refractivity contribution in [2.75, 3.05) is 13.6 Å². The van der Waals surface area contributed by atoms with E-state index in [-0.39, 0.29) is 23.6 Å². The molecule has 0 aliphatic carbocycles. The molecule has 0 aliphatic heterocycles. The molecule has 4 nitrogen and oxygen atoms in total. The first kappa shape index (κ1) is 10.9. The largest absolute Gasteiger partial charge is 0.507 e. The van der Waals surface area contributed by atoms with Crippen LogP contribution in [0.25, 0.3) is 0 Å². The van der Waals surface area contributed by atoms with Crippen molar-refractivity contribution >= 4 is 5.91 Å². The molecule has 0 fully saturated rings. The van der Waals surface area contributed by atoms with Gasteiger partial charge in [-0.15, -0.1) is 6.42 Å². The molecule has 78 valence electrons. The summed E-state index contributed by atoms with van der Waals surface area (Å²) in [6, 6.07) is 4.11. The van der Waals surface area contributed by atoms with Gasteiger partial charge in [0.15, 0.2) is 0 Å². The predicted octanol–water partition coefficient (Wildman–Crippen LogP) is 0.803. The van der Waals surface area contributed by atoms with Gasteiger partial charge < -0.3 is 15.1 Å². The lowest BCUT2D eigenvalue weighted by Crippen LogP contribution is -2.27. The third kappa shape index (κ3) is 2.20. The summed E-state index contributed by atoms with van der Waals surface area (Å²) in [7, 11) is 1.49. The summed E-state index contributed by atoms with van der Waals surface area (Å²) >= 11 is 0. The molecule has 1 amide bonds. The van der Waals surface area contributed by atoms with Gasteiger partial charge in [0.2, 0.25) is 0 Å². The van der Waals surface area contributed by atoms with E-state index in [1.54, 1.807) is 0 Å². The summed E-state index contributed by atoms with van der Waals surface area (Å²) in [6.07, 6.45) is 5.05. The van der Waals surface area contributed by atoms with Crippen LogP contribution in [0.5, 0.6) is 11.5 Å². The third-order valence-electron chi connectivity index (χ3n) is 1.91. The summed E-state index contributed by atoms with van der Waals surface area (Å²) in [6.45, 7) is 0.118. The number of rotatable bonds is 2. The van der Waals surface area contributed by atoms with Crippen LogP contribution in [0.2, 0.25) is 0 Å². The molecule has 0 heterocycles. The van der Waals surface area contributed by atoms with Crippen LogP contribution in [-0.4, -0.2) is 34.6 Å².